The quantitative estimate of drug-likeness (QED) is 0.734. The molecule has 1 aromatic heterocycles. The number of amides is 1. The first-order valence-electron chi connectivity index (χ1n) is 8.42. The van der Waals surface area contributed by atoms with Gasteiger partial charge >= 0.3 is 0 Å². The van der Waals surface area contributed by atoms with Crippen LogP contribution in [-0.4, -0.2) is 10.9 Å². The molecule has 0 saturated heterocycles. The molecule has 2 aromatic carbocycles. The predicted molar refractivity (Wildman–Crippen MR) is 103 cm³/mol. The van der Waals surface area contributed by atoms with Crippen molar-refractivity contribution in [1.82, 2.24) is 4.98 Å². The lowest BCUT2D eigenvalue weighted by Gasteiger charge is -2.20. The van der Waals surface area contributed by atoms with Crippen LogP contribution < -0.4 is 11.1 Å². The zero-order chi connectivity index (χ0) is 17.2. The summed E-state index contributed by atoms with van der Waals surface area (Å²) in [6, 6.07) is 18.1. The van der Waals surface area contributed by atoms with Gasteiger partial charge in [-0.1, -0.05) is 42.5 Å². The van der Waals surface area contributed by atoms with E-state index in [2.05, 4.69) is 22.4 Å². The number of anilines is 2. The number of nitrogens with two attached hydrogens (primary N) is 1. The van der Waals surface area contributed by atoms with Gasteiger partial charge in [-0.2, -0.15) is 0 Å². The molecule has 1 heterocycles. The minimum absolute atomic E-state index is 0.00119. The maximum atomic E-state index is 12.7. The van der Waals surface area contributed by atoms with Crippen molar-refractivity contribution in [3.63, 3.8) is 0 Å². The monoisotopic (exact) mass is 349 g/mol. The third-order valence-electron chi connectivity index (χ3n) is 4.55. The van der Waals surface area contributed by atoms with Crippen LogP contribution in [-0.2, 0) is 11.2 Å². The molecule has 25 heavy (non-hydrogen) atoms. The summed E-state index contributed by atoms with van der Waals surface area (Å²) in [5, 5.41) is 3.58. The summed E-state index contributed by atoms with van der Waals surface area (Å²) in [4.78, 5) is 18.2. The molecule has 1 amide bonds. The highest BCUT2D eigenvalue weighted by atomic mass is 32.1. The van der Waals surface area contributed by atoms with E-state index >= 15 is 0 Å². The van der Waals surface area contributed by atoms with Gasteiger partial charge in [-0.25, -0.2) is 4.98 Å². The van der Waals surface area contributed by atoms with Crippen LogP contribution in [0, 0.1) is 0 Å². The van der Waals surface area contributed by atoms with E-state index in [1.54, 1.807) is 0 Å². The topological polar surface area (TPSA) is 68.0 Å². The number of nitrogen functional groups attached to an aromatic ring is 1. The predicted octanol–water partition coefficient (Wildman–Crippen LogP) is 4.45. The Morgan fingerprint density at radius 2 is 1.80 bits per heavy atom. The van der Waals surface area contributed by atoms with Gasteiger partial charge < -0.3 is 11.1 Å². The summed E-state index contributed by atoms with van der Waals surface area (Å²) < 4.78 is 0. The van der Waals surface area contributed by atoms with Crippen LogP contribution in [0.3, 0.4) is 0 Å². The Hall–Kier alpha value is -2.66. The van der Waals surface area contributed by atoms with Crippen molar-refractivity contribution in [3.8, 4) is 11.1 Å². The number of aromatic nitrogens is 1. The highest BCUT2D eigenvalue weighted by Gasteiger charge is 2.29. The molecule has 4 rings (SSSR count). The fourth-order valence-corrected chi connectivity index (χ4v) is 4.23. The van der Waals surface area contributed by atoms with Crippen molar-refractivity contribution in [2.24, 2.45) is 0 Å². The molecule has 1 atom stereocenters. The Morgan fingerprint density at radius 3 is 2.56 bits per heavy atom. The molecular formula is C20H19N3OS. The summed E-state index contributed by atoms with van der Waals surface area (Å²) in [6.45, 7) is 0. The van der Waals surface area contributed by atoms with Crippen molar-refractivity contribution in [2.45, 2.75) is 25.2 Å². The summed E-state index contributed by atoms with van der Waals surface area (Å²) in [7, 11) is 0. The van der Waals surface area contributed by atoms with Crippen LogP contribution >= 0.6 is 11.3 Å². The van der Waals surface area contributed by atoms with Gasteiger partial charge in [0.25, 0.3) is 0 Å². The van der Waals surface area contributed by atoms with Crippen LogP contribution in [0.2, 0.25) is 0 Å². The Balaban J connectivity index is 1.50. The van der Waals surface area contributed by atoms with Crippen molar-refractivity contribution < 1.29 is 4.79 Å². The molecule has 0 fully saturated rings. The number of rotatable bonds is 3. The molecule has 1 aliphatic carbocycles. The number of thiazole rings is 1. The molecule has 0 aliphatic heterocycles. The van der Waals surface area contributed by atoms with Gasteiger partial charge in [-0.3, -0.25) is 4.79 Å². The third kappa shape index (κ3) is 3.28. The van der Waals surface area contributed by atoms with E-state index in [1.165, 1.54) is 11.3 Å². The van der Waals surface area contributed by atoms with Gasteiger partial charge in [0.2, 0.25) is 5.91 Å². The molecule has 5 heteroatoms. The average molecular weight is 349 g/mol. The van der Waals surface area contributed by atoms with Crippen molar-refractivity contribution >= 4 is 28.1 Å². The first-order chi connectivity index (χ1) is 12.2. The van der Waals surface area contributed by atoms with Gasteiger partial charge in [0, 0.05) is 10.6 Å². The SMILES string of the molecule is Nc1nc2c(s1)CCCC2C(=O)Nc1ccc(-c2ccccc2)cc1. The van der Waals surface area contributed by atoms with Gasteiger partial charge in [0.05, 0.1) is 11.6 Å². The van der Waals surface area contributed by atoms with Gasteiger partial charge in [0.1, 0.15) is 0 Å². The Labute approximate surface area is 150 Å². The minimum Gasteiger partial charge on any atom is -0.375 e. The standard InChI is InChI=1S/C20H19N3OS/c21-20-23-18-16(7-4-8-17(18)25-20)19(24)22-15-11-9-14(10-12-15)13-5-2-1-3-6-13/h1-3,5-6,9-12,16H,4,7-8H2,(H2,21,23)(H,22,24). The average Bonchev–Trinajstić information content (AvgIpc) is 3.03. The van der Waals surface area contributed by atoms with Gasteiger partial charge in [-0.15, -0.1) is 11.3 Å². The summed E-state index contributed by atoms with van der Waals surface area (Å²) in [6.07, 6.45) is 2.80. The lowest BCUT2D eigenvalue weighted by molar-refractivity contribution is -0.117. The smallest absolute Gasteiger partial charge is 0.233 e. The van der Waals surface area contributed by atoms with Crippen molar-refractivity contribution in [2.75, 3.05) is 11.1 Å². The number of benzene rings is 2. The first kappa shape index (κ1) is 15.8. The normalized spacial score (nSPS) is 16.2. The Morgan fingerprint density at radius 1 is 1.08 bits per heavy atom. The number of nitrogens with zero attached hydrogens (tertiary/aromatic N) is 1. The summed E-state index contributed by atoms with van der Waals surface area (Å²) >= 11 is 1.50. The van der Waals surface area contributed by atoms with Crippen LogP contribution in [0.25, 0.3) is 11.1 Å². The molecular weight excluding hydrogens is 330 g/mol. The fraction of sp³-hybridized carbons (Fsp3) is 0.200. The van der Waals surface area contributed by atoms with Crippen LogP contribution in [0.1, 0.15) is 29.3 Å². The molecule has 1 aliphatic rings. The van der Waals surface area contributed by atoms with E-state index < -0.39 is 0 Å². The largest absolute Gasteiger partial charge is 0.375 e. The second-order valence-electron chi connectivity index (χ2n) is 6.24. The lowest BCUT2D eigenvalue weighted by atomic mass is 9.90. The van der Waals surface area contributed by atoms with E-state index in [0.717, 1.165) is 46.6 Å². The van der Waals surface area contributed by atoms with E-state index in [1.807, 2.05) is 42.5 Å². The number of aryl methyl sites for hydroxylation is 1. The van der Waals surface area contributed by atoms with Crippen molar-refractivity contribution in [3.05, 3.63) is 65.2 Å². The molecule has 3 aromatic rings. The number of carbonyl (C=O) groups is 1. The van der Waals surface area contributed by atoms with Crippen molar-refractivity contribution in [1.29, 1.82) is 0 Å². The highest BCUT2D eigenvalue weighted by molar-refractivity contribution is 7.15. The van der Waals surface area contributed by atoms with E-state index in [-0.39, 0.29) is 11.8 Å². The molecule has 126 valence electrons. The summed E-state index contributed by atoms with van der Waals surface area (Å²) in [5.41, 5.74) is 9.79. The Bertz CT molecular complexity index is 887. The van der Waals surface area contributed by atoms with Crippen LogP contribution in [0.4, 0.5) is 10.8 Å². The van der Waals surface area contributed by atoms with Gasteiger partial charge in [0.15, 0.2) is 5.13 Å². The van der Waals surface area contributed by atoms with Crippen LogP contribution in [0.15, 0.2) is 54.6 Å². The molecule has 0 bridgehead atoms. The van der Waals surface area contributed by atoms with E-state index in [0.29, 0.717) is 5.13 Å². The molecule has 3 N–H and O–H groups in total. The fourth-order valence-electron chi connectivity index (χ4n) is 3.30. The maximum Gasteiger partial charge on any atom is 0.233 e. The van der Waals surface area contributed by atoms with E-state index in [9.17, 15) is 4.79 Å². The molecule has 4 nitrogen and oxygen atoms in total. The zero-order valence-corrected chi connectivity index (χ0v) is 14.6. The van der Waals surface area contributed by atoms with Crippen LogP contribution in [0.5, 0.6) is 0 Å². The molecule has 0 spiro atoms. The number of fused-ring (bicyclic) bond motifs is 1. The maximum absolute atomic E-state index is 12.7. The number of hydrogen-bond donors (Lipinski definition) is 2. The highest BCUT2D eigenvalue weighted by Crippen LogP contribution is 2.36. The summed E-state index contributed by atoms with van der Waals surface area (Å²) in [5.74, 6) is -0.204. The number of hydrogen-bond acceptors (Lipinski definition) is 4. The minimum atomic E-state index is -0.203. The van der Waals surface area contributed by atoms with Gasteiger partial charge in [-0.05, 0) is 42.5 Å². The number of carbonyl (C=O) groups excluding carboxylic acids is 1. The molecule has 0 saturated carbocycles. The second kappa shape index (κ2) is 6.69. The molecule has 1 unspecified atom stereocenters. The second-order valence-corrected chi connectivity index (χ2v) is 7.35. The first-order valence-corrected chi connectivity index (χ1v) is 9.24. The zero-order valence-electron chi connectivity index (χ0n) is 13.7. The Kier molecular flexibility index (Phi) is 4.24. The third-order valence-corrected chi connectivity index (χ3v) is 5.51. The molecule has 0 radical (unpaired) electrons. The number of nitrogens with one attached hydrogen (secondary N) is 1. The van der Waals surface area contributed by atoms with E-state index in [4.69, 9.17) is 5.73 Å². The lowest BCUT2D eigenvalue weighted by Crippen LogP contribution is -2.24.